The summed E-state index contributed by atoms with van der Waals surface area (Å²) in [6.45, 7) is 8.63. The first kappa shape index (κ1) is 18.0. The van der Waals surface area contributed by atoms with Crippen molar-refractivity contribution in [2.24, 2.45) is 11.3 Å². The molecule has 0 radical (unpaired) electrons. The molecule has 0 unspecified atom stereocenters. The minimum atomic E-state index is -4.48. The van der Waals surface area contributed by atoms with E-state index in [-0.39, 0.29) is 28.5 Å². The van der Waals surface area contributed by atoms with Gasteiger partial charge in [0, 0.05) is 12.1 Å². The van der Waals surface area contributed by atoms with Crippen LogP contribution >= 0.6 is 0 Å². The van der Waals surface area contributed by atoms with Gasteiger partial charge in [-0.1, -0.05) is 27.7 Å². The highest BCUT2D eigenvalue weighted by Gasteiger charge is 2.41. The molecule has 0 aliphatic heterocycles. The van der Waals surface area contributed by atoms with Gasteiger partial charge in [-0.2, -0.15) is 18.2 Å². The molecule has 0 amide bonds. The normalized spacial score (nSPS) is 17.9. The van der Waals surface area contributed by atoms with Gasteiger partial charge in [0.2, 0.25) is 5.88 Å². The van der Waals surface area contributed by atoms with Crippen molar-refractivity contribution >= 4 is 11.2 Å². The van der Waals surface area contributed by atoms with Gasteiger partial charge in [0.05, 0.1) is 18.5 Å². The molecule has 2 aromatic rings. The second-order valence-electron chi connectivity index (χ2n) is 8.09. The molecular weight excluding hydrogens is 331 g/mol. The van der Waals surface area contributed by atoms with Gasteiger partial charge in [-0.15, -0.1) is 0 Å². The number of alkyl halides is 3. The molecule has 3 rings (SSSR count). The van der Waals surface area contributed by atoms with E-state index in [4.69, 9.17) is 4.74 Å². The number of aromatic nitrogens is 3. The summed E-state index contributed by atoms with van der Waals surface area (Å²) in [5.41, 5.74) is -0.407. The second kappa shape index (κ2) is 6.18. The van der Waals surface area contributed by atoms with E-state index in [2.05, 4.69) is 23.8 Å². The number of hydrogen-bond acceptors (Lipinski definition) is 3. The number of nitrogens with zero attached hydrogens (tertiary/aromatic N) is 3. The Labute approximate surface area is 145 Å². The van der Waals surface area contributed by atoms with Gasteiger partial charge in [0.15, 0.2) is 5.65 Å². The standard InChI is InChI=1S/C18H24F3N3O/c1-11(2)5-6-25-14-7-13(18(19,20)21)15-16(23-14)22-10-24(15)12-8-17(3,4)9-12/h7,10-12H,5-6,8-9H2,1-4H3. The smallest absolute Gasteiger partial charge is 0.418 e. The van der Waals surface area contributed by atoms with Gasteiger partial charge in [0.25, 0.3) is 0 Å². The van der Waals surface area contributed by atoms with Gasteiger partial charge in [-0.25, -0.2) is 4.98 Å². The minimum Gasteiger partial charge on any atom is -0.478 e. The molecule has 1 saturated carbocycles. The average molecular weight is 355 g/mol. The predicted molar refractivity (Wildman–Crippen MR) is 89.5 cm³/mol. The van der Waals surface area contributed by atoms with Crippen molar-refractivity contribution in [2.75, 3.05) is 6.61 Å². The van der Waals surface area contributed by atoms with Crippen LogP contribution in [-0.4, -0.2) is 21.1 Å². The monoisotopic (exact) mass is 355 g/mol. The van der Waals surface area contributed by atoms with Crippen LogP contribution in [0.1, 0.15) is 58.6 Å². The molecule has 1 fully saturated rings. The Bertz CT molecular complexity index is 757. The molecule has 2 heterocycles. The molecule has 0 saturated heterocycles. The SMILES string of the molecule is CC(C)CCOc1cc(C(F)(F)F)c2c(ncn2C2CC(C)(C)C2)n1. The van der Waals surface area contributed by atoms with Crippen molar-refractivity contribution in [2.45, 2.75) is 59.2 Å². The maximum atomic E-state index is 13.6. The van der Waals surface area contributed by atoms with Crippen LogP contribution in [0.2, 0.25) is 0 Å². The lowest BCUT2D eigenvalue weighted by Gasteiger charge is -2.43. The van der Waals surface area contributed by atoms with E-state index in [1.54, 1.807) is 4.57 Å². The third-order valence-corrected chi connectivity index (χ3v) is 4.73. The largest absolute Gasteiger partial charge is 0.478 e. The van der Waals surface area contributed by atoms with Crippen LogP contribution in [0.4, 0.5) is 13.2 Å². The highest BCUT2D eigenvalue weighted by molar-refractivity contribution is 5.77. The third kappa shape index (κ3) is 3.75. The first-order chi connectivity index (χ1) is 11.6. The van der Waals surface area contributed by atoms with E-state index < -0.39 is 11.7 Å². The molecule has 25 heavy (non-hydrogen) atoms. The van der Waals surface area contributed by atoms with E-state index >= 15 is 0 Å². The van der Waals surface area contributed by atoms with Crippen LogP contribution in [0.15, 0.2) is 12.4 Å². The second-order valence-corrected chi connectivity index (χ2v) is 8.09. The Balaban J connectivity index is 1.97. The fourth-order valence-electron chi connectivity index (χ4n) is 3.40. The van der Waals surface area contributed by atoms with E-state index in [1.807, 2.05) is 13.8 Å². The molecule has 0 atom stereocenters. The number of fused-ring (bicyclic) bond motifs is 1. The lowest BCUT2D eigenvalue weighted by atomic mass is 9.68. The highest BCUT2D eigenvalue weighted by atomic mass is 19.4. The maximum absolute atomic E-state index is 13.6. The number of rotatable bonds is 5. The molecule has 1 aliphatic carbocycles. The summed E-state index contributed by atoms with van der Waals surface area (Å²) in [5, 5.41) is 0. The van der Waals surface area contributed by atoms with Gasteiger partial charge >= 0.3 is 6.18 Å². The fraction of sp³-hybridized carbons (Fsp3) is 0.667. The summed E-state index contributed by atoms with van der Waals surface area (Å²) >= 11 is 0. The molecule has 0 N–H and O–H groups in total. The van der Waals surface area contributed by atoms with Crippen molar-refractivity contribution in [1.82, 2.24) is 14.5 Å². The quantitative estimate of drug-likeness (QED) is 0.737. The predicted octanol–water partition coefficient (Wildman–Crippen LogP) is 5.24. The van der Waals surface area contributed by atoms with Crippen molar-refractivity contribution < 1.29 is 17.9 Å². The maximum Gasteiger partial charge on any atom is 0.418 e. The summed E-state index contributed by atoms with van der Waals surface area (Å²) in [5.74, 6) is 0.395. The van der Waals surface area contributed by atoms with Crippen LogP contribution in [0.3, 0.4) is 0 Å². The van der Waals surface area contributed by atoms with Crippen molar-refractivity contribution in [3.8, 4) is 5.88 Å². The van der Waals surface area contributed by atoms with Crippen LogP contribution < -0.4 is 4.74 Å². The Kier molecular flexibility index (Phi) is 4.45. The number of ether oxygens (including phenoxy) is 1. The van der Waals surface area contributed by atoms with Gasteiger partial charge in [-0.3, -0.25) is 0 Å². The van der Waals surface area contributed by atoms with Gasteiger partial charge in [-0.05, 0) is 30.6 Å². The third-order valence-electron chi connectivity index (χ3n) is 4.73. The van der Waals surface area contributed by atoms with Crippen LogP contribution in [-0.2, 0) is 6.18 Å². The zero-order chi connectivity index (χ0) is 18.4. The van der Waals surface area contributed by atoms with E-state index in [0.717, 1.165) is 25.3 Å². The summed E-state index contributed by atoms with van der Waals surface area (Å²) in [6.07, 6.45) is -0.573. The molecule has 0 aromatic carbocycles. The lowest BCUT2D eigenvalue weighted by Crippen LogP contribution is -2.33. The summed E-state index contributed by atoms with van der Waals surface area (Å²) in [7, 11) is 0. The Morgan fingerprint density at radius 3 is 2.56 bits per heavy atom. The molecule has 7 heteroatoms. The number of halogens is 3. The molecule has 0 spiro atoms. The number of imidazole rings is 1. The Hall–Kier alpha value is -1.79. The number of pyridine rings is 1. The zero-order valence-electron chi connectivity index (χ0n) is 15.0. The topological polar surface area (TPSA) is 39.9 Å². The zero-order valence-corrected chi connectivity index (χ0v) is 15.0. The van der Waals surface area contributed by atoms with Crippen LogP contribution in [0, 0.1) is 11.3 Å². The van der Waals surface area contributed by atoms with E-state index in [1.165, 1.54) is 6.33 Å². The van der Waals surface area contributed by atoms with Gasteiger partial charge < -0.3 is 9.30 Å². The summed E-state index contributed by atoms with van der Waals surface area (Å²) in [4.78, 5) is 8.31. The highest BCUT2D eigenvalue weighted by Crippen LogP contribution is 2.49. The summed E-state index contributed by atoms with van der Waals surface area (Å²) < 4.78 is 47.9. The number of hydrogen-bond donors (Lipinski definition) is 0. The fourth-order valence-corrected chi connectivity index (χ4v) is 3.40. The molecule has 138 valence electrons. The molecule has 2 aromatic heterocycles. The van der Waals surface area contributed by atoms with E-state index in [0.29, 0.717) is 12.5 Å². The Morgan fingerprint density at radius 2 is 2.00 bits per heavy atom. The molecule has 1 aliphatic rings. The van der Waals surface area contributed by atoms with Crippen molar-refractivity contribution in [3.63, 3.8) is 0 Å². The Morgan fingerprint density at radius 1 is 1.32 bits per heavy atom. The first-order valence-corrected chi connectivity index (χ1v) is 8.64. The lowest BCUT2D eigenvalue weighted by molar-refractivity contribution is -0.136. The van der Waals surface area contributed by atoms with Crippen molar-refractivity contribution in [1.29, 1.82) is 0 Å². The van der Waals surface area contributed by atoms with Crippen LogP contribution in [0.5, 0.6) is 5.88 Å². The average Bonchev–Trinajstić information content (AvgIpc) is 2.85. The molecule has 0 bridgehead atoms. The molecule has 4 nitrogen and oxygen atoms in total. The van der Waals surface area contributed by atoms with Crippen molar-refractivity contribution in [3.05, 3.63) is 18.0 Å². The van der Waals surface area contributed by atoms with Gasteiger partial charge in [0.1, 0.15) is 5.52 Å². The van der Waals surface area contributed by atoms with E-state index in [9.17, 15) is 13.2 Å². The first-order valence-electron chi connectivity index (χ1n) is 8.64. The molecular formula is C18H24F3N3O. The summed E-state index contributed by atoms with van der Waals surface area (Å²) in [6, 6.07) is 1.04. The minimum absolute atomic E-state index is 0.0142. The van der Waals surface area contributed by atoms with Crippen LogP contribution in [0.25, 0.3) is 11.2 Å².